The molecule has 1 saturated carbocycles. The molecule has 7 nitrogen and oxygen atoms in total. The fraction of sp³-hybridized carbons (Fsp3) is 0.500. The first-order valence-corrected chi connectivity index (χ1v) is 8.24. The van der Waals surface area contributed by atoms with Crippen LogP contribution in [-0.4, -0.2) is 38.7 Å². The van der Waals surface area contributed by atoms with Crippen LogP contribution in [0.5, 0.6) is 0 Å². The van der Waals surface area contributed by atoms with E-state index in [1.807, 2.05) is 28.9 Å². The summed E-state index contributed by atoms with van der Waals surface area (Å²) >= 11 is 0. The highest BCUT2D eigenvalue weighted by atomic mass is 35.5. The van der Waals surface area contributed by atoms with Gasteiger partial charge in [0.1, 0.15) is 0 Å². The average molecular weight is 349 g/mol. The first kappa shape index (κ1) is 16.9. The highest BCUT2D eigenvalue weighted by Crippen LogP contribution is 2.36. The Hall–Kier alpha value is -1.99. The van der Waals surface area contributed by atoms with E-state index < -0.39 is 0 Å². The van der Waals surface area contributed by atoms with Gasteiger partial charge in [-0.05, 0) is 54.8 Å². The predicted molar refractivity (Wildman–Crippen MR) is 93.0 cm³/mol. The third kappa shape index (κ3) is 3.57. The first-order chi connectivity index (χ1) is 11.3. The number of aromatic nitrogens is 4. The lowest BCUT2D eigenvalue weighted by molar-refractivity contribution is -0.118. The SMILES string of the molecule is Cl.O=C(Nc1cccc(-c2nnnn2C2CC2)c1)C1CCCCN1. The van der Waals surface area contributed by atoms with Crippen LogP contribution >= 0.6 is 12.4 Å². The molecule has 1 saturated heterocycles. The molecule has 0 bridgehead atoms. The summed E-state index contributed by atoms with van der Waals surface area (Å²) in [5.74, 6) is 0.794. The van der Waals surface area contributed by atoms with Crippen molar-refractivity contribution in [2.75, 3.05) is 11.9 Å². The molecule has 2 fully saturated rings. The van der Waals surface area contributed by atoms with Crippen LogP contribution in [0.15, 0.2) is 24.3 Å². The van der Waals surface area contributed by atoms with Crippen molar-refractivity contribution in [1.29, 1.82) is 0 Å². The molecular formula is C16H21ClN6O. The van der Waals surface area contributed by atoms with Crippen LogP contribution in [0.3, 0.4) is 0 Å². The van der Waals surface area contributed by atoms with Crippen molar-refractivity contribution < 1.29 is 4.79 Å². The maximum Gasteiger partial charge on any atom is 0.241 e. The van der Waals surface area contributed by atoms with Gasteiger partial charge in [-0.3, -0.25) is 4.79 Å². The monoisotopic (exact) mass is 348 g/mol. The first-order valence-electron chi connectivity index (χ1n) is 8.24. The summed E-state index contributed by atoms with van der Waals surface area (Å²) in [5, 5.41) is 18.3. The van der Waals surface area contributed by atoms with Crippen LogP contribution in [0.1, 0.15) is 38.1 Å². The van der Waals surface area contributed by atoms with E-state index in [-0.39, 0.29) is 24.4 Å². The van der Waals surface area contributed by atoms with E-state index in [1.54, 1.807) is 0 Å². The molecule has 2 heterocycles. The summed E-state index contributed by atoms with van der Waals surface area (Å²) in [6.07, 6.45) is 5.39. The Labute approximate surface area is 146 Å². The molecule has 2 aromatic rings. The maximum atomic E-state index is 12.3. The van der Waals surface area contributed by atoms with E-state index >= 15 is 0 Å². The molecule has 2 aliphatic rings. The second-order valence-corrected chi connectivity index (χ2v) is 6.25. The molecule has 1 aliphatic heterocycles. The van der Waals surface area contributed by atoms with Crippen LogP contribution < -0.4 is 10.6 Å². The second-order valence-electron chi connectivity index (χ2n) is 6.25. The van der Waals surface area contributed by atoms with Gasteiger partial charge in [0, 0.05) is 11.3 Å². The molecule has 1 aliphatic carbocycles. The zero-order chi connectivity index (χ0) is 15.6. The van der Waals surface area contributed by atoms with Gasteiger partial charge in [-0.1, -0.05) is 18.6 Å². The van der Waals surface area contributed by atoms with Crippen LogP contribution in [0, 0.1) is 0 Å². The molecule has 8 heteroatoms. The summed E-state index contributed by atoms with van der Waals surface area (Å²) in [6.45, 7) is 0.911. The van der Waals surface area contributed by atoms with Crippen molar-refractivity contribution in [2.24, 2.45) is 0 Å². The van der Waals surface area contributed by atoms with Gasteiger partial charge in [-0.15, -0.1) is 17.5 Å². The fourth-order valence-electron chi connectivity index (χ4n) is 2.99. The van der Waals surface area contributed by atoms with Gasteiger partial charge in [0.05, 0.1) is 12.1 Å². The lowest BCUT2D eigenvalue weighted by Crippen LogP contribution is -2.43. The normalized spacial score (nSPS) is 20.2. The van der Waals surface area contributed by atoms with E-state index in [1.165, 1.54) is 0 Å². The molecule has 0 spiro atoms. The summed E-state index contributed by atoms with van der Waals surface area (Å²) in [5.41, 5.74) is 1.71. The minimum Gasteiger partial charge on any atom is -0.325 e. The predicted octanol–water partition coefficient (Wildman–Crippen LogP) is 2.18. The molecule has 1 aromatic heterocycles. The third-order valence-corrected chi connectivity index (χ3v) is 4.40. The second kappa shape index (κ2) is 7.27. The molecule has 4 rings (SSSR count). The number of carbonyl (C=O) groups is 1. The summed E-state index contributed by atoms with van der Waals surface area (Å²) < 4.78 is 1.88. The lowest BCUT2D eigenvalue weighted by Gasteiger charge is -2.22. The highest BCUT2D eigenvalue weighted by Gasteiger charge is 2.28. The van der Waals surface area contributed by atoms with Crippen LogP contribution in [-0.2, 0) is 4.79 Å². The standard InChI is InChI=1S/C16H20N6O.ClH/c23-16(14-6-1-2-9-17-14)18-12-5-3-4-11(10-12)15-19-20-21-22(15)13-7-8-13;/h3-5,10,13-14,17H,1-2,6-9H2,(H,18,23);1H. The number of rotatable bonds is 4. The molecule has 1 aromatic carbocycles. The number of anilines is 1. The molecule has 1 atom stereocenters. The minimum atomic E-state index is -0.0933. The van der Waals surface area contributed by atoms with Gasteiger partial charge in [-0.2, -0.15) is 0 Å². The summed E-state index contributed by atoms with van der Waals surface area (Å²) in [7, 11) is 0. The number of hydrogen-bond donors (Lipinski definition) is 2. The Morgan fingerprint density at radius 2 is 2.12 bits per heavy atom. The average Bonchev–Trinajstić information content (AvgIpc) is 3.32. The fourth-order valence-corrected chi connectivity index (χ4v) is 2.99. The molecular weight excluding hydrogens is 328 g/mol. The van der Waals surface area contributed by atoms with Crippen LogP contribution in [0.2, 0.25) is 0 Å². The molecule has 1 amide bonds. The number of hydrogen-bond acceptors (Lipinski definition) is 5. The molecule has 2 N–H and O–H groups in total. The van der Waals surface area contributed by atoms with Gasteiger partial charge in [-0.25, -0.2) is 4.68 Å². The smallest absolute Gasteiger partial charge is 0.241 e. The number of piperidine rings is 1. The van der Waals surface area contributed by atoms with Crippen molar-refractivity contribution in [3.8, 4) is 11.4 Å². The van der Waals surface area contributed by atoms with Crippen LogP contribution in [0.4, 0.5) is 5.69 Å². The van der Waals surface area contributed by atoms with E-state index in [0.29, 0.717) is 6.04 Å². The molecule has 0 radical (unpaired) electrons. The van der Waals surface area contributed by atoms with Gasteiger partial charge in [0.25, 0.3) is 0 Å². The van der Waals surface area contributed by atoms with E-state index in [9.17, 15) is 4.79 Å². The van der Waals surface area contributed by atoms with Crippen molar-refractivity contribution in [1.82, 2.24) is 25.5 Å². The summed E-state index contributed by atoms with van der Waals surface area (Å²) in [6, 6.07) is 8.05. The number of nitrogens with one attached hydrogen (secondary N) is 2. The molecule has 24 heavy (non-hydrogen) atoms. The Bertz CT molecular complexity index is 708. The van der Waals surface area contributed by atoms with Gasteiger partial charge >= 0.3 is 0 Å². The Balaban J connectivity index is 0.00000169. The quantitative estimate of drug-likeness (QED) is 0.884. The number of benzene rings is 1. The van der Waals surface area contributed by atoms with Gasteiger partial charge in [0.15, 0.2) is 5.82 Å². The number of nitrogens with zero attached hydrogens (tertiary/aromatic N) is 4. The zero-order valence-electron chi connectivity index (χ0n) is 13.3. The Morgan fingerprint density at radius 3 is 2.88 bits per heavy atom. The lowest BCUT2D eigenvalue weighted by atomic mass is 10.0. The van der Waals surface area contributed by atoms with E-state index in [2.05, 4.69) is 26.2 Å². The van der Waals surface area contributed by atoms with E-state index in [4.69, 9.17) is 0 Å². The molecule has 1 unspecified atom stereocenters. The summed E-state index contributed by atoms with van der Waals surface area (Å²) in [4.78, 5) is 12.3. The topological polar surface area (TPSA) is 84.7 Å². The van der Waals surface area contributed by atoms with Gasteiger partial charge < -0.3 is 10.6 Å². The molecule has 128 valence electrons. The highest BCUT2D eigenvalue weighted by molar-refractivity contribution is 5.95. The van der Waals surface area contributed by atoms with Crippen molar-refractivity contribution >= 4 is 24.0 Å². The zero-order valence-corrected chi connectivity index (χ0v) is 14.1. The maximum absolute atomic E-state index is 12.3. The third-order valence-electron chi connectivity index (χ3n) is 4.40. The number of tetrazole rings is 1. The van der Waals surface area contributed by atoms with E-state index in [0.717, 1.165) is 55.7 Å². The Kier molecular flexibility index (Phi) is 5.11. The van der Waals surface area contributed by atoms with Crippen molar-refractivity contribution in [2.45, 2.75) is 44.2 Å². The number of amides is 1. The number of carbonyl (C=O) groups excluding carboxylic acids is 1. The van der Waals surface area contributed by atoms with Gasteiger partial charge in [0.2, 0.25) is 5.91 Å². The Morgan fingerprint density at radius 1 is 1.25 bits per heavy atom. The van der Waals surface area contributed by atoms with Crippen LogP contribution in [0.25, 0.3) is 11.4 Å². The largest absolute Gasteiger partial charge is 0.325 e. The minimum absolute atomic E-state index is 0. The number of halogens is 1. The van der Waals surface area contributed by atoms with Crippen molar-refractivity contribution in [3.63, 3.8) is 0 Å². The van der Waals surface area contributed by atoms with Crippen molar-refractivity contribution in [3.05, 3.63) is 24.3 Å².